The first-order valence-corrected chi connectivity index (χ1v) is 10.0. The Balaban J connectivity index is 1.37. The summed E-state index contributed by atoms with van der Waals surface area (Å²) in [6, 6.07) is 16.6. The number of carbonyl (C=O) groups excluding carboxylic acids is 3. The van der Waals surface area contributed by atoms with E-state index in [1.54, 1.807) is 6.92 Å². The molecule has 2 heterocycles. The van der Waals surface area contributed by atoms with E-state index in [1.165, 1.54) is 4.90 Å². The van der Waals surface area contributed by atoms with Gasteiger partial charge in [0.15, 0.2) is 0 Å². The summed E-state index contributed by atoms with van der Waals surface area (Å²) < 4.78 is 0. The number of carbonyl (C=O) groups is 3. The number of aromatic nitrogens is 2. The molecule has 2 unspecified atom stereocenters. The molecule has 1 aliphatic heterocycles. The van der Waals surface area contributed by atoms with Crippen molar-refractivity contribution in [2.75, 3.05) is 6.54 Å². The SMILES string of the molecule is CC(NC(=O)CCN1C(=O)CC(C)(c2ccccc2)C1=O)c1nc2ccccc2[nH]1. The van der Waals surface area contributed by atoms with Gasteiger partial charge in [0.25, 0.3) is 0 Å². The van der Waals surface area contributed by atoms with Crippen molar-refractivity contribution in [3.05, 3.63) is 66.0 Å². The van der Waals surface area contributed by atoms with Crippen molar-refractivity contribution in [2.24, 2.45) is 0 Å². The van der Waals surface area contributed by atoms with Crippen molar-refractivity contribution in [1.82, 2.24) is 20.2 Å². The molecule has 0 radical (unpaired) electrons. The minimum atomic E-state index is -0.879. The van der Waals surface area contributed by atoms with Gasteiger partial charge in [0, 0.05) is 19.4 Å². The summed E-state index contributed by atoms with van der Waals surface area (Å²) in [7, 11) is 0. The lowest BCUT2D eigenvalue weighted by Crippen LogP contribution is -2.39. The van der Waals surface area contributed by atoms with Gasteiger partial charge in [-0.25, -0.2) is 4.98 Å². The Morgan fingerprint density at radius 2 is 1.87 bits per heavy atom. The van der Waals surface area contributed by atoms with E-state index in [9.17, 15) is 14.4 Å². The first-order chi connectivity index (χ1) is 14.4. The molecular weight excluding hydrogens is 380 g/mol. The van der Waals surface area contributed by atoms with Crippen LogP contribution in [0.5, 0.6) is 0 Å². The molecule has 1 saturated heterocycles. The average molecular weight is 404 g/mol. The third kappa shape index (κ3) is 3.58. The molecule has 2 atom stereocenters. The maximum atomic E-state index is 13.0. The minimum absolute atomic E-state index is 0.0485. The molecule has 2 aromatic carbocycles. The molecule has 7 heteroatoms. The Morgan fingerprint density at radius 3 is 2.60 bits per heavy atom. The Bertz CT molecular complexity index is 1070. The Morgan fingerprint density at radius 1 is 1.17 bits per heavy atom. The molecule has 4 rings (SSSR count). The predicted molar refractivity (Wildman–Crippen MR) is 112 cm³/mol. The largest absolute Gasteiger partial charge is 0.346 e. The predicted octanol–water partition coefficient (Wildman–Crippen LogP) is 2.85. The number of benzene rings is 2. The number of aromatic amines is 1. The molecule has 0 saturated carbocycles. The van der Waals surface area contributed by atoms with Crippen LogP contribution in [0.1, 0.15) is 44.1 Å². The summed E-state index contributed by atoms with van der Waals surface area (Å²) in [6.07, 6.45) is 0.166. The lowest BCUT2D eigenvalue weighted by molar-refractivity contribution is -0.140. The summed E-state index contributed by atoms with van der Waals surface area (Å²) in [5, 5.41) is 2.88. The number of rotatable bonds is 6. The third-order valence-corrected chi connectivity index (χ3v) is 5.69. The topological polar surface area (TPSA) is 95.2 Å². The summed E-state index contributed by atoms with van der Waals surface area (Å²) in [5.41, 5.74) is 1.68. The van der Waals surface area contributed by atoms with E-state index in [1.807, 2.05) is 61.5 Å². The van der Waals surface area contributed by atoms with Gasteiger partial charge in [-0.1, -0.05) is 42.5 Å². The summed E-state index contributed by atoms with van der Waals surface area (Å²) in [6.45, 7) is 3.69. The molecule has 1 fully saturated rings. The van der Waals surface area contributed by atoms with Crippen LogP contribution in [-0.2, 0) is 19.8 Å². The van der Waals surface area contributed by atoms with Crippen molar-refractivity contribution in [3.8, 4) is 0 Å². The van der Waals surface area contributed by atoms with Crippen LogP contribution in [0.15, 0.2) is 54.6 Å². The van der Waals surface area contributed by atoms with Gasteiger partial charge in [0.1, 0.15) is 5.82 Å². The molecule has 3 aromatic rings. The highest BCUT2D eigenvalue weighted by Crippen LogP contribution is 2.36. The zero-order valence-corrected chi connectivity index (χ0v) is 17.0. The Labute approximate surface area is 174 Å². The number of hydrogen-bond donors (Lipinski definition) is 2. The van der Waals surface area contributed by atoms with E-state index in [0.29, 0.717) is 5.82 Å². The van der Waals surface area contributed by atoms with Gasteiger partial charge in [0.2, 0.25) is 17.7 Å². The highest BCUT2D eigenvalue weighted by atomic mass is 16.2. The number of amides is 3. The van der Waals surface area contributed by atoms with Crippen molar-refractivity contribution >= 4 is 28.8 Å². The fourth-order valence-corrected chi connectivity index (χ4v) is 3.92. The second-order valence-corrected chi connectivity index (χ2v) is 7.90. The fourth-order valence-electron chi connectivity index (χ4n) is 3.92. The van der Waals surface area contributed by atoms with Crippen LogP contribution in [0.3, 0.4) is 0 Å². The number of nitrogens with one attached hydrogen (secondary N) is 2. The molecule has 0 spiro atoms. The summed E-state index contributed by atoms with van der Waals surface area (Å²) in [4.78, 5) is 46.8. The number of fused-ring (bicyclic) bond motifs is 1. The van der Waals surface area contributed by atoms with Gasteiger partial charge in [-0.15, -0.1) is 0 Å². The Hall–Kier alpha value is -3.48. The molecule has 1 aliphatic rings. The van der Waals surface area contributed by atoms with Crippen LogP contribution < -0.4 is 5.32 Å². The van der Waals surface area contributed by atoms with Crippen LogP contribution in [0, 0.1) is 0 Å². The van der Waals surface area contributed by atoms with E-state index >= 15 is 0 Å². The average Bonchev–Trinajstić information content (AvgIpc) is 3.27. The van der Waals surface area contributed by atoms with Crippen molar-refractivity contribution in [1.29, 1.82) is 0 Å². The molecule has 30 heavy (non-hydrogen) atoms. The van der Waals surface area contributed by atoms with Crippen LogP contribution in [-0.4, -0.2) is 39.1 Å². The fraction of sp³-hybridized carbons (Fsp3) is 0.304. The second-order valence-electron chi connectivity index (χ2n) is 7.90. The van der Waals surface area contributed by atoms with Crippen LogP contribution in [0.25, 0.3) is 11.0 Å². The monoisotopic (exact) mass is 404 g/mol. The third-order valence-electron chi connectivity index (χ3n) is 5.69. The van der Waals surface area contributed by atoms with Gasteiger partial charge in [-0.3, -0.25) is 19.3 Å². The summed E-state index contributed by atoms with van der Waals surface area (Å²) in [5.74, 6) is -0.0762. The lowest BCUT2D eigenvalue weighted by Gasteiger charge is -2.22. The van der Waals surface area contributed by atoms with Crippen molar-refractivity contribution in [3.63, 3.8) is 0 Å². The first kappa shape index (κ1) is 19.8. The van der Waals surface area contributed by atoms with E-state index in [2.05, 4.69) is 15.3 Å². The number of imidazole rings is 1. The second kappa shape index (κ2) is 7.74. The van der Waals surface area contributed by atoms with Gasteiger partial charge >= 0.3 is 0 Å². The van der Waals surface area contributed by atoms with E-state index in [-0.39, 0.29) is 43.1 Å². The summed E-state index contributed by atoms with van der Waals surface area (Å²) >= 11 is 0. The molecule has 2 N–H and O–H groups in total. The van der Waals surface area contributed by atoms with Crippen LogP contribution in [0.2, 0.25) is 0 Å². The van der Waals surface area contributed by atoms with Gasteiger partial charge in [-0.2, -0.15) is 0 Å². The van der Waals surface area contributed by atoms with Gasteiger partial charge < -0.3 is 10.3 Å². The van der Waals surface area contributed by atoms with E-state index in [0.717, 1.165) is 16.6 Å². The van der Waals surface area contributed by atoms with Gasteiger partial charge in [-0.05, 0) is 31.5 Å². The maximum absolute atomic E-state index is 13.0. The number of likely N-dealkylation sites (tertiary alicyclic amines) is 1. The van der Waals surface area contributed by atoms with Crippen molar-refractivity contribution in [2.45, 2.75) is 38.1 Å². The smallest absolute Gasteiger partial charge is 0.240 e. The molecule has 0 bridgehead atoms. The zero-order valence-electron chi connectivity index (χ0n) is 17.0. The first-order valence-electron chi connectivity index (χ1n) is 10.0. The maximum Gasteiger partial charge on any atom is 0.240 e. The van der Waals surface area contributed by atoms with Crippen LogP contribution in [0.4, 0.5) is 0 Å². The molecule has 0 aliphatic carbocycles. The Kier molecular flexibility index (Phi) is 5.11. The number of H-pyrrole nitrogens is 1. The normalized spacial score (nSPS) is 20.0. The zero-order chi connectivity index (χ0) is 21.3. The number of hydrogen-bond acceptors (Lipinski definition) is 4. The standard InChI is InChI=1S/C23H24N4O3/c1-15(21-25-17-10-6-7-11-18(17)26-21)24-19(28)12-13-27-20(29)14-23(2,22(27)30)16-8-4-3-5-9-16/h3-11,15H,12-14H2,1-2H3,(H,24,28)(H,25,26). The van der Waals surface area contributed by atoms with Crippen molar-refractivity contribution < 1.29 is 14.4 Å². The van der Waals surface area contributed by atoms with E-state index in [4.69, 9.17) is 0 Å². The van der Waals surface area contributed by atoms with Crippen LogP contribution >= 0.6 is 0 Å². The van der Waals surface area contributed by atoms with E-state index < -0.39 is 5.41 Å². The number of imide groups is 1. The molecule has 7 nitrogen and oxygen atoms in total. The number of nitrogens with zero attached hydrogens (tertiary/aromatic N) is 2. The lowest BCUT2D eigenvalue weighted by atomic mass is 9.81. The molecule has 154 valence electrons. The highest BCUT2D eigenvalue weighted by Gasteiger charge is 2.49. The molecular formula is C23H24N4O3. The quantitative estimate of drug-likeness (QED) is 0.618. The highest BCUT2D eigenvalue weighted by molar-refractivity contribution is 6.09. The number of para-hydroxylation sites is 2. The van der Waals surface area contributed by atoms with Gasteiger partial charge in [0.05, 0.1) is 22.5 Å². The molecule has 3 amide bonds. The minimum Gasteiger partial charge on any atom is -0.346 e. The molecule has 1 aromatic heterocycles.